The smallest absolute Gasteiger partial charge is 0.326 e. The molecule has 6 nitrogen and oxygen atoms in total. The number of hydrogen-bond acceptors (Lipinski definition) is 4. The van der Waals surface area contributed by atoms with Crippen LogP contribution in [0.4, 0.5) is 0 Å². The molecule has 6 heteroatoms. The Bertz CT molecular complexity index is 659. The van der Waals surface area contributed by atoms with Crippen molar-refractivity contribution in [3.63, 3.8) is 0 Å². The summed E-state index contributed by atoms with van der Waals surface area (Å²) in [5.74, 6) is -0.838. The highest BCUT2D eigenvalue weighted by Crippen LogP contribution is 2.23. The molecule has 1 aliphatic rings. The summed E-state index contributed by atoms with van der Waals surface area (Å²) in [4.78, 5) is 36.1. The van der Waals surface area contributed by atoms with Gasteiger partial charge in [-0.25, -0.2) is 0 Å². The number of carbonyl (C=O) groups is 3. The first kappa shape index (κ1) is 19.9. The van der Waals surface area contributed by atoms with Gasteiger partial charge in [0.1, 0.15) is 6.54 Å². The van der Waals surface area contributed by atoms with Crippen LogP contribution in [0.2, 0.25) is 0 Å². The van der Waals surface area contributed by atoms with Crippen LogP contribution in [0.3, 0.4) is 0 Å². The lowest BCUT2D eigenvalue weighted by atomic mass is 9.86. The Labute approximate surface area is 154 Å². The highest BCUT2D eigenvalue weighted by molar-refractivity contribution is 5.96. The summed E-state index contributed by atoms with van der Waals surface area (Å²) in [7, 11) is 0. The van der Waals surface area contributed by atoms with Crippen molar-refractivity contribution in [3.8, 4) is 0 Å². The largest absolute Gasteiger partial charge is 0.451 e. The van der Waals surface area contributed by atoms with Crippen LogP contribution in [0.25, 0.3) is 0 Å². The Balaban J connectivity index is 1.75. The molecule has 1 aromatic rings. The maximum Gasteiger partial charge on any atom is 0.326 e. The number of amides is 2. The molecule has 2 N–H and O–H groups in total. The van der Waals surface area contributed by atoms with Gasteiger partial charge in [-0.3, -0.25) is 14.4 Å². The first-order valence-electron chi connectivity index (χ1n) is 9.21. The molecule has 1 aliphatic carbocycles. The van der Waals surface area contributed by atoms with Crippen molar-refractivity contribution in [2.45, 2.75) is 58.6 Å². The molecule has 0 spiro atoms. The van der Waals surface area contributed by atoms with E-state index in [1.54, 1.807) is 25.1 Å². The lowest BCUT2D eigenvalue weighted by Crippen LogP contribution is -2.46. The van der Waals surface area contributed by atoms with Crippen LogP contribution >= 0.6 is 0 Å². The Morgan fingerprint density at radius 1 is 1.23 bits per heavy atom. The standard InChI is InChI=1S/C20H28N2O4/c1-13-7-6-9-16(11-13)20(25)21-12-18(23)26-15(3)19(24)22-17-10-5-4-8-14(17)2/h6-7,9,11,14-15,17H,4-5,8,10,12H2,1-3H3,(H,21,25)(H,22,24)/t14-,15+,17+/m0/s1. The lowest BCUT2D eigenvalue weighted by Gasteiger charge is -2.30. The molecule has 0 aromatic heterocycles. The predicted molar refractivity (Wildman–Crippen MR) is 98.6 cm³/mol. The van der Waals surface area contributed by atoms with E-state index in [0.29, 0.717) is 11.5 Å². The molecule has 0 aliphatic heterocycles. The molecule has 0 saturated heterocycles. The van der Waals surface area contributed by atoms with E-state index in [1.807, 2.05) is 13.0 Å². The molecule has 142 valence electrons. The van der Waals surface area contributed by atoms with E-state index in [1.165, 1.54) is 6.42 Å². The zero-order valence-corrected chi connectivity index (χ0v) is 15.7. The molecule has 0 radical (unpaired) electrons. The van der Waals surface area contributed by atoms with Gasteiger partial charge in [-0.2, -0.15) is 0 Å². The van der Waals surface area contributed by atoms with Crippen LogP contribution in [0.1, 0.15) is 55.5 Å². The van der Waals surface area contributed by atoms with E-state index < -0.39 is 12.1 Å². The maximum absolute atomic E-state index is 12.2. The summed E-state index contributed by atoms with van der Waals surface area (Å²) in [6.07, 6.45) is 3.48. The fourth-order valence-corrected chi connectivity index (χ4v) is 3.16. The monoisotopic (exact) mass is 360 g/mol. The second-order valence-electron chi connectivity index (χ2n) is 7.06. The fourth-order valence-electron chi connectivity index (χ4n) is 3.16. The molecular weight excluding hydrogens is 332 g/mol. The third-order valence-electron chi connectivity index (χ3n) is 4.79. The normalized spacial score (nSPS) is 20.7. The minimum absolute atomic E-state index is 0.137. The Morgan fingerprint density at radius 2 is 1.96 bits per heavy atom. The van der Waals surface area contributed by atoms with Crippen molar-refractivity contribution < 1.29 is 19.1 Å². The van der Waals surface area contributed by atoms with Crippen molar-refractivity contribution in [2.75, 3.05) is 6.54 Å². The van der Waals surface area contributed by atoms with E-state index >= 15 is 0 Å². The van der Waals surface area contributed by atoms with Gasteiger partial charge in [0.25, 0.3) is 11.8 Å². The van der Waals surface area contributed by atoms with Gasteiger partial charge in [-0.1, -0.05) is 37.5 Å². The fraction of sp³-hybridized carbons (Fsp3) is 0.550. The third-order valence-corrected chi connectivity index (χ3v) is 4.79. The van der Waals surface area contributed by atoms with E-state index in [-0.39, 0.29) is 24.4 Å². The molecule has 26 heavy (non-hydrogen) atoms. The van der Waals surface area contributed by atoms with E-state index in [2.05, 4.69) is 17.6 Å². The quantitative estimate of drug-likeness (QED) is 0.763. The number of nitrogens with one attached hydrogen (secondary N) is 2. The van der Waals surface area contributed by atoms with Crippen molar-refractivity contribution in [1.29, 1.82) is 0 Å². The summed E-state index contributed by atoms with van der Waals surface area (Å²) in [5, 5.41) is 5.48. The van der Waals surface area contributed by atoms with Gasteiger partial charge in [-0.05, 0) is 44.7 Å². The summed E-state index contributed by atoms with van der Waals surface area (Å²) < 4.78 is 5.13. The number of ether oxygens (including phenoxy) is 1. The summed E-state index contributed by atoms with van der Waals surface area (Å²) in [5.41, 5.74) is 1.44. The third kappa shape index (κ3) is 5.86. The minimum Gasteiger partial charge on any atom is -0.451 e. The minimum atomic E-state index is -0.882. The lowest BCUT2D eigenvalue weighted by molar-refractivity contribution is -0.154. The zero-order chi connectivity index (χ0) is 19.1. The number of hydrogen-bond donors (Lipinski definition) is 2. The van der Waals surface area contributed by atoms with E-state index in [4.69, 9.17) is 4.74 Å². The van der Waals surface area contributed by atoms with Crippen LogP contribution < -0.4 is 10.6 Å². The van der Waals surface area contributed by atoms with Crippen molar-refractivity contribution in [2.24, 2.45) is 5.92 Å². The molecule has 1 fully saturated rings. The van der Waals surface area contributed by atoms with Gasteiger partial charge < -0.3 is 15.4 Å². The summed E-state index contributed by atoms with van der Waals surface area (Å²) in [6.45, 7) is 5.29. The van der Waals surface area contributed by atoms with Gasteiger partial charge in [0.2, 0.25) is 0 Å². The molecular formula is C20H28N2O4. The van der Waals surface area contributed by atoms with Crippen LogP contribution in [0.15, 0.2) is 24.3 Å². The average molecular weight is 360 g/mol. The molecule has 1 saturated carbocycles. The summed E-state index contributed by atoms with van der Waals surface area (Å²) >= 11 is 0. The molecule has 2 amide bonds. The van der Waals surface area contributed by atoms with Crippen LogP contribution in [0, 0.1) is 12.8 Å². The van der Waals surface area contributed by atoms with Gasteiger partial charge in [-0.15, -0.1) is 0 Å². The van der Waals surface area contributed by atoms with Gasteiger partial charge >= 0.3 is 5.97 Å². The zero-order valence-electron chi connectivity index (χ0n) is 15.7. The van der Waals surface area contributed by atoms with Gasteiger partial charge in [0.15, 0.2) is 6.10 Å². The number of benzene rings is 1. The average Bonchev–Trinajstić information content (AvgIpc) is 2.61. The number of rotatable bonds is 6. The van der Waals surface area contributed by atoms with Crippen LogP contribution in [0.5, 0.6) is 0 Å². The van der Waals surface area contributed by atoms with Crippen molar-refractivity contribution in [3.05, 3.63) is 35.4 Å². The molecule has 0 unspecified atom stereocenters. The molecule has 0 bridgehead atoms. The highest BCUT2D eigenvalue weighted by atomic mass is 16.5. The first-order chi connectivity index (χ1) is 12.4. The van der Waals surface area contributed by atoms with Crippen molar-refractivity contribution in [1.82, 2.24) is 10.6 Å². The Hall–Kier alpha value is -2.37. The topological polar surface area (TPSA) is 84.5 Å². The Kier molecular flexibility index (Phi) is 7.18. The molecule has 3 atom stereocenters. The second-order valence-corrected chi connectivity index (χ2v) is 7.06. The SMILES string of the molecule is Cc1cccc(C(=O)NCC(=O)O[C@H](C)C(=O)N[C@@H]2CCCC[C@@H]2C)c1. The van der Waals surface area contributed by atoms with Gasteiger partial charge in [0.05, 0.1) is 0 Å². The van der Waals surface area contributed by atoms with Gasteiger partial charge in [0, 0.05) is 11.6 Å². The summed E-state index contributed by atoms with van der Waals surface area (Å²) in [6, 6.07) is 7.22. The molecule has 0 heterocycles. The number of carbonyl (C=O) groups excluding carboxylic acids is 3. The predicted octanol–water partition coefficient (Wildman–Crippen LogP) is 2.35. The first-order valence-corrected chi connectivity index (χ1v) is 9.21. The van der Waals surface area contributed by atoms with E-state index in [9.17, 15) is 14.4 Å². The van der Waals surface area contributed by atoms with Crippen LogP contribution in [-0.2, 0) is 14.3 Å². The number of aryl methyl sites for hydroxylation is 1. The second kappa shape index (κ2) is 9.36. The highest BCUT2D eigenvalue weighted by Gasteiger charge is 2.26. The maximum atomic E-state index is 12.2. The Morgan fingerprint density at radius 3 is 2.65 bits per heavy atom. The van der Waals surface area contributed by atoms with Crippen LogP contribution in [-0.4, -0.2) is 36.5 Å². The number of esters is 1. The van der Waals surface area contributed by atoms with Crippen molar-refractivity contribution >= 4 is 17.8 Å². The van der Waals surface area contributed by atoms with E-state index in [0.717, 1.165) is 24.8 Å². The molecule has 2 rings (SSSR count). The molecule has 1 aromatic carbocycles.